The summed E-state index contributed by atoms with van der Waals surface area (Å²) in [6.45, 7) is 2.99. The van der Waals surface area contributed by atoms with Gasteiger partial charge in [0.2, 0.25) is 5.28 Å². The van der Waals surface area contributed by atoms with E-state index in [2.05, 4.69) is 32.4 Å². The van der Waals surface area contributed by atoms with E-state index in [4.69, 9.17) is 27.9 Å². The Hall–Kier alpha value is -1.84. The Morgan fingerprint density at radius 1 is 1.25 bits per heavy atom. The fourth-order valence-corrected chi connectivity index (χ4v) is 2.56. The molecule has 7 heteroatoms. The standard InChI is InChI=1S/C17H16Cl2N4O/c18-15-4-2-1-3-12(15)5-6-13-9-22-17(19)23-16(13)21-11-14-10-20-7-8-24-14/h1-4,9,14,20H,7-8,10-11H2,(H,21,22,23). The zero-order chi connectivity index (χ0) is 16.8. The number of hydrogen-bond acceptors (Lipinski definition) is 5. The first-order valence-corrected chi connectivity index (χ1v) is 8.33. The van der Waals surface area contributed by atoms with Gasteiger partial charge in [-0.25, -0.2) is 4.98 Å². The molecule has 2 heterocycles. The lowest BCUT2D eigenvalue weighted by Crippen LogP contribution is -2.42. The average molecular weight is 363 g/mol. The predicted octanol–water partition coefficient (Wildman–Crippen LogP) is 2.58. The smallest absolute Gasteiger partial charge is 0.224 e. The van der Waals surface area contributed by atoms with Gasteiger partial charge in [-0.1, -0.05) is 35.6 Å². The minimum atomic E-state index is 0.0804. The molecule has 0 radical (unpaired) electrons. The Bertz CT molecular complexity index is 767. The monoisotopic (exact) mass is 362 g/mol. The molecule has 5 nitrogen and oxygen atoms in total. The van der Waals surface area contributed by atoms with Crippen molar-refractivity contribution in [3.8, 4) is 11.8 Å². The van der Waals surface area contributed by atoms with Crippen LogP contribution in [0.1, 0.15) is 11.1 Å². The van der Waals surface area contributed by atoms with E-state index in [1.807, 2.05) is 18.2 Å². The Morgan fingerprint density at radius 3 is 2.88 bits per heavy atom. The molecule has 1 aliphatic rings. The first-order chi connectivity index (χ1) is 11.7. The van der Waals surface area contributed by atoms with Crippen molar-refractivity contribution in [3.05, 3.63) is 51.9 Å². The van der Waals surface area contributed by atoms with E-state index in [0.717, 1.165) is 18.7 Å². The molecule has 1 aromatic heterocycles. The van der Waals surface area contributed by atoms with Gasteiger partial charge in [0.1, 0.15) is 5.82 Å². The fourth-order valence-electron chi connectivity index (χ4n) is 2.25. The summed E-state index contributed by atoms with van der Waals surface area (Å²) in [5.41, 5.74) is 1.41. The third-order valence-corrected chi connectivity index (χ3v) is 3.98. The third-order valence-electron chi connectivity index (χ3n) is 3.47. The van der Waals surface area contributed by atoms with Crippen LogP contribution in [0.3, 0.4) is 0 Å². The number of rotatable bonds is 3. The van der Waals surface area contributed by atoms with Gasteiger partial charge in [0, 0.05) is 31.4 Å². The van der Waals surface area contributed by atoms with Gasteiger partial charge in [0.25, 0.3) is 0 Å². The summed E-state index contributed by atoms with van der Waals surface area (Å²) < 4.78 is 5.66. The number of hydrogen-bond donors (Lipinski definition) is 2. The van der Waals surface area contributed by atoms with Crippen molar-refractivity contribution in [3.63, 3.8) is 0 Å². The van der Waals surface area contributed by atoms with E-state index in [9.17, 15) is 0 Å². The van der Waals surface area contributed by atoms with Gasteiger partial charge in [0.15, 0.2) is 0 Å². The molecular weight excluding hydrogens is 347 g/mol. The second-order valence-electron chi connectivity index (χ2n) is 5.21. The predicted molar refractivity (Wildman–Crippen MR) is 95.6 cm³/mol. The van der Waals surface area contributed by atoms with Crippen LogP contribution in [-0.2, 0) is 4.74 Å². The second kappa shape index (κ2) is 8.32. The quantitative estimate of drug-likeness (QED) is 0.649. The van der Waals surface area contributed by atoms with Crippen molar-refractivity contribution in [2.24, 2.45) is 0 Å². The van der Waals surface area contributed by atoms with E-state index >= 15 is 0 Å². The van der Waals surface area contributed by atoms with Crippen molar-refractivity contribution in [2.45, 2.75) is 6.10 Å². The van der Waals surface area contributed by atoms with Gasteiger partial charge < -0.3 is 15.4 Å². The van der Waals surface area contributed by atoms with Gasteiger partial charge >= 0.3 is 0 Å². The summed E-state index contributed by atoms with van der Waals surface area (Å²) in [7, 11) is 0. The molecule has 124 valence electrons. The Balaban J connectivity index is 1.77. The maximum absolute atomic E-state index is 6.12. The summed E-state index contributed by atoms with van der Waals surface area (Å²) in [6, 6.07) is 7.42. The highest BCUT2D eigenvalue weighted by Crippen LogP contribution is 2.16. The SMILES string of the molecule is Clc1ncc(C#Cc2ccccc2Cl)c(NCC2CNCCO2)n1. The van der Waals surface area contributed by atoms with Crippen molar-refractivity contribution >= 4 is 29.0 Å². The Morgan fingerprint density at radius 2 is 2.08 bits per heavy atom. The Labute approximate surface area is 150 Å². The number of aromatic nitrogens is 2. The minimum absolute atomic E-state index is 0.0804. The van der Waals surface area contributed by atoms with E-state index in [1.54, 1.807) is 12.3 Å². The van der Waals surface area contributed by atoms with Crippen molar-refractivity contribution in [1.29, 1.82) is 0 Å². The van der Waals surface area contributed by atoms with E-state index < -0.39 is 0 Å². The topological polar surface area (TPSA) is 59.1 Å². The maximum Gasteiger partial charge on any atom is 0.224 e. The molecule has 1 aromatic carbocycles. The van der Waals surface area contributed by atoms with Gasteiger partial charge in [0.05, 0.1) is 23.3 Å². The van der Waals surface area contributed by atoms with Gasteiger partial charge in [-0.3, -0.25) is 0 Å². The van der Waals surface area contributed by atoms with E-state index in [0.29, 0.717) is 29.6 Å². The zero-order valence-electron chi connectivity index (χ0n) is 12.9. The largest absolute Gasteiger partial charge is 0.374 e. The molecule has 1 unspecified atom stereocenters. The summed E-state index contributed by atoms with van der Waals surface area (Å²) in [6.07, 6.45) is 1.68. The molecule has 0 amide bonds. The number of nitrogens with one attached hydrogen (secondary N) is 2. The molecule has 2 aromatic rings. The molecule has 0 bridgehead atoms. The van der Waals surface area contributed by atoms with Crippen molar-refractivity contribution in [2.75, 3.05) is 31.6 Å². The first-order valence-electron chi connectivity index (χ1n) is 7.57. The number of benzene rings is 1. The highest BCUT2D eigenvalue weighted by molar-refractivity contribution is 6.31. The van der Waals surface area contributed by atoms with Gasteiger partial charge in [-0.05, 0) is 23.7 Å². The van der Waals surface area contributed by atoms with Crippen LogP contribution in [0, 0.1) is 11.8 Å². The lowest BCUT2D eigenvalue weighted by molar-refractivity contribution is 0.0372. The fraction of sp³-hybridized carbons (Fsp3) is 0.294. The molecule has 0 saturated carbocycles. The van der Waals surface area contributed by atoms with Gasteiger partial charge in [-0.2, -0.15) is 4.98 Å². The van der Waals surface area contributed by atoms with Crippen LogP contribution in [0.25, 0.3) is 0 Å². The third kappa shape index (κ3) is 4.59. The summed E-state index contributed by atoms with van der Waals surface area (Å²) in [5.74, 6) is 6.67. The maximum atomic E-state index is 6.12. The summed E-state index contributed by atoms with van der Waals surface area (Å²) >= 11 is 12.0. The lowest BCUT2D eigenvalue weighted by Gasteiger charge is -2.24. The molecule has 1 atom stereocenters. The van der Waals surface area contributed by atoms with Crippen molar-refractivity contribution < 1.29 is 4.74 Å². The number of nitrogens with zero attached hydrogens (tertiary/aromatic N) is 2. The molecule has 0 aliphatic carbocycles. The lowest BCUT2D eigenvalue weighted by atomic mass is 10.2. The van der Waals surface area contributed by atoms with E-state index in [1.165, 1.54) is 0 Å². The van der Waals surface area contributed by atoms with Crippen LogP contribution < -0.4 is 10.6 Å². The highest BCUT2D eigenvalue weighted by atomic mass is 35.5. The number of morpholine rings is 1. The van der Waals surface area contributed by atoms with Crippen LogP contribution in [0.15, 0.2) is 30.5 Å². The average Bonchev–Trinajstić information content (AvgIpc) is 2.61. The molecule has 1 aliphatic heterocycles. The molecule has 24 heavy (non-hydrogen) atoms. The van der Waals surface area contributed by atoms with Crippen molar-refractivity contribution in [1.82, 2.24) is 15.3 Å². The molecular formula is C17H16Cl2N4O. The van der Waals surface area contributed by atoms with Crippen LogP contribution >= 0.6 is 23.2 Å². The first kappa shape index (κ1) is 17.0. The number of ether oxygens (including phenoxy) is 1. The van der Waals surface area contributed by atoms with Gasteiger partial charge in [-0.15, -0.1) is 0 Å². The minimum Gasteiger partial charge on any atom is -0.374 e. The van der Waals surface area contributed by atoms with Crippen LogP contribution in [0.2, 0.25) is 10.3 Å². The zero-order valence-corrected chi connectivity index (χ0v) is 14.4. The molecule has 2 N–H and O–H groups in total. The van der Waals surface area contributed by atoms with Crippen LogP contribution in [0.5, 0.6) is 0 Å². The molecule has 1 fully saturated rings. The molecule has 1 saturated heterocycles. The van der Waals surface area contributed by atoms with E-state index in [-0.39, 0.29) is 11.4 Å². The highest BCUT2D eigenvalue weighted by Gasteiger charge is 2.14. The normalized spacial score (nSPS) is 17.0. The Kier molecular flexibility index (Phi) is 5.89. The number of halogens is 2. The summed E-state index contributed by atoms with van der Waals surface area (Å²) in [5, 5.41) is 7.30. The number of anilines is 1. The molecule has 3 rings (SSSR count). The molecule has 0 spiro atoms. The summed E-state index contributed by atoms with van der Waals surface area (Å²) in [4.78, 5) is 8.23. The second-order valence-corrected chi connectivity index (χ2v) is 5.95. The van der Waals surface area contributed by atoms with Crippen LogP contribution in [0.4, 0.5) is 5.82 Å². The van der Waals surface area contributed by atoms with Crippen LogP contribution in [-0.4, -0.2) is 42.3 Å².